The quantitative estimate of drug-likeness (QED) is 0.366. The summed E-state index contributed by atoms with van der Waals surface area (Å²) in [5.41, 5.74) is 4.01. The van der Waals surface area contributed by atoms with Gasteiger partial charge in [-0.3, -0.25) is 14.4 Å². The molecule has 0 bridgehead atoms. The molecule has 1 radical (unpaired) electrons. The van der Waals surface area contributed by atoms with Gasteiger partial charge in [-0.05, 0) is 19.1 Å². The fourth-order valence-corrected chi connectivity index (χ4v) is 2.26. The Balaban J connectivity index is 0.000000339. The maximum Gasteiger partial charge on any atom is 0.158 e. The second-order valence-electron chi connectivity index (χ2n) is 5.68. The van der Waals surface area contributed by atoms with Crippen molar-refractivity contribution in [2.24, 2.45) is 0 Å². The summed E-state index contributed by atoms with van der Waals surface area (Å²) < 4.78 is 21.8. The molecule has 0 aliphatic carbocycles. The van der Waals surface area contributed by atoms with Crippen molar-refractivity contribution in [1.82, 2.24) is 9.97 Å². The van der Waals surface area contributed by atoms with Crippen LogP contribution < -0.4 is 0 Å². The minimum atomic E-state index is -0.944. The Kier molecular flexibility index (Phi) is 10.3. The molecule has 28 heavy (non-hydrogen) atoms. The van der Waals surface area contributed by atoms with Gasteiger partial charge in [0.2, 0.25) is 0 Å². The van der Waals surface area contributed by atoms with Crippen LogP contribution in [0, 0.1) is 18.8 Å². The summed E-state index contributed by atoms with van der Waals surface area (Å²) in [6.07, 6.45) is -1.81. The average molecular weight is 566 g/mol. The molecule has 153 valence electrons. The van der Waals surface area contributed by atoms with Crippen LogP contribution in [-0.2, 0) is 29.6 Å². The van der Waals surface area contributed by atoms with Gasteiger partial charge in [0.15, 0.2) is 12.6 Å². The molecule has 1 heterocycles. The number of hydrogen-bond acceptors (Lipinski definition) is 6. The summed E-state index contributed by atoms with van der Waals surface area (Å²) >= 11 is 0. The van der Waals surface area contributed by atoms with Crippen molar-refractivity contribution < 1.29 is 44.2 Å². The van der Waals surface area contributed by atoms with Gasteiger partial charge in [-0.25, -0.2) is 0 Å². The van der Waals surface area contributed by atoms with E-state index >= 15 is 0 Å². The first-order valence-electron chi connectivity index (χ1n) is 8.27. The van der Waals surface area contributed by atoms with Crippen molar-refractivity contribution in [1.29, 1.82) is 0 Å². The maximum atomic E-state index is 12.9. The first-order chi connectivity index (χ1) is 12.9. The Bertz CT molecular complexity index is 856. The number of fused-ring (bicyclic) bond motifs is 1. The van der Waals surface area contributed by atoms with Gasteiger partial charge in [0.05, 0.1) is 11.0 Å². The summed E-state index contributed by atoms with van der Waals surface area (Å²) in [4.78, 5) is 9.06. The van der Waals surface area contributed by atoms with E-state index < -0.39 is 12.6 Å². The number of aliphatic hydroxyl groups excluding tert-OH is 2. The fourth-order valence-electron chi connectivity index (χ4n) is 2.26. The number of rotatable bonds is 5. The van der Waals surface area contributed by atoms with Gasteiger partial charge >= 0.3 is 0 Å². The molecule has 2 aromatic carbocycles. The minimum absolute atomic E-state index is 0. The molecule has 2 unspecified atom stereocenters. The molecule has 0 aliphatic rings. The van der Waals surface area contributed by atoms with Crippen LogP contribution in [0.15, 0.2) is 42.5 Å². The van der Waals surface area contributed by atoms with Crippen molar-refractivity contribution in [2.75, 3.05) is 14.2 Å². The summed E-state index contributed by atoms with van der Waals surface area (Å²) in [5, 5.41) is 17.4. The predicted octanol–water partition coefficient (Wildman–Crippen LogP) is 2.85. The number of benzene rings is 2. The van der Waals surface area contributed by atoms with E-state index in [1.165, 1.54) is 26.4 Å². The number of methoxy groups -OCH3 is 2. The molecule has 2 atom stereocenters. The SMILES string of the molecule is COC(O)CC(O)OC.Cc1nc2ccccc2nc1-c1[c-]cc(F)cc1.[Ir]. The van der Waals surface area contributed by atoms with Crippen molar-refractivity contribution >= 4 is 11.0 Å². The van der Waals surface area contributed by atoms with Gasteiger partial charge in [0, 0.05) is 58.0 Å². The molecule has 1 aromatic heterocycles. The molecule has 0 saturated heterocycles. The van der Waals surface area contributed by atoms with Crippen LogP contribution in [0.25, 0.3) is 22.3 Å². The van der Waals surface area contributed by atoms with Crippen LogP contribution in [0.1, 0.15) is 12.1 Å². The zero-order chi connectivity index (χ0) is 19.8. The maximum absolute atomic E-state index is 12.9. The third-order valence-electron chi connectivity index (χ3n) is 3.72. The van der Waals surface area contributed by atoms with E-state index in [1.807, 2.05) is 31.2 Å². The molecule has 8 heteroatoms. The van der Waals surface area contributed by atoms with Crippen LogP contribution in [0.4, 0.5) is 4.39 Å². The number of hydrogen-bond donors (Lipinski definition) is 2. The van der Waals surface area contributed by atoms with Crippen LogP contribution in [-0.4, -0.2) is 47.0 Å². The van der Waals surface area contributed by atoms with E-state index in [4.69, 9.17) is 10.2 Å². The second kappa shape index (κ2) is 11.9. The van der Waals surface area contributed by atoms with Crippen LogP contribution >= 0.6 is 0 Å². The van der Waals surface area contributed by atoms with Gasteiger partial charge in [-0.1, -0.05) is 12.1 Å². The predicted molar refractivity (Wildman–Crippen MR) is 99.2 cm³/mol. The standard InChI is InChI=1S/C15H10FN2.C5H12O4.Ir/c1-10-15(11-6-8-12(16)9-7-11)18-14-5-3-2-4-13(14)17-10;1-8-4(6)3-5(7)9-2;/h2-6,8-9H,1H3;4-7H,3H2,1-2H3;/q-1;;. The molecule has 0 spiro atoms. The third-order valence-corrected chi connectivity index (χ3v) is 3.72. The monoisotopic (exact) mass is 566 g/mol. The van der Waals surface area contributed by atoms with Gasteiger partial charge in [-0.2, -0.15) is 0 Å². The first kappa shape index (κ1) is 24.2. The number of nitrogens with zero attached hydrogens (tertiary/aromatic N) is 2. The van der Waals surface area contributed by atoms with Crippen LogP contribution in [0.3, 0.4) is 0 Å². The Morgan fingerprint density at radius 2 is 1.57 bits per heavy atom. The zero-order valence-electron chi connectivity index (χ0n) is 15.7. The van der Waals surface area contributed by atoms with Crippen LogP contribution in [0.5, 0.6) is 0 Å². The minimum Gasteiger partial charge on any atom is -0.368 e. The molecular formula is C20H22FIrN2O4-. The van der Waals surface area contributed by atoms with E-state index in [0.29, 0.717) is 0 Å². The molecule has 3 rings (SSSR count). The van der Waals surface area contributed by atoms with Crippen LogP contribution in [0.2, 0.25) is 0 Å². The third kappa shape index (κ3) is 6.98. The normalized spacial score (nSPS) is 12.5. The zero-order valence-corrected chi connectivity index (χ0v) is 18.1. The summed E-state index contributed by atoms with van der Waals surface area (Å²) in [7, 11) is 2.71. The van der Waals surface area contributed by atoms with Crippen molar-refractivity contribution in [3.8, 4) is 11.3 Å². The van der Waals surface area contributed by atoms with Crippen molar-refractivity contribution in [2.45, 2.75) is 25.9 Å². The smallest absolute Gasteiger partial charge is 0.158 e. The summed E-state index contributed by atoms with van der Waals surface area (Å²) in [6.45, 7) is 1.89. The second-order valence-corrected chi connectivity index (χ2v) is 5.68. The molecule has 0 saturated carbocycles. The summed E-state index contributed by atoms with van der Waals surface area (Å²) in [6, 6.07) is 15.0. The van der Waals surface area contributed by atoms with E-state index in [-0.39, 0.29) is 32.3 Å². The van der Waals surface area contributed by atoms with Gasteiger partial charge in [0.25, 0.3) is 0 Å². The Morgan fingerprint density at radius 3 is 2.07 bits per heavy atom. The molecule has 6 nitrogen and oxygen atoms in total. The molecule has 0 aliphatic heterocycles. The molecule has 0 fully saturated rings. The number of para-hydroxylation sites is 2. The number of ether oxygens (including phenoxy) is 2. The van der Waals surface area contributed by atoms with Gasteiger partial charge < -0.3 is 19.7 Å². The van der Waals surface area contributed by atoms with Crippen molar-refractivity contribution in [3.63, 3.8) is 0 Å². The van der Waals surface area contributed by atoms with Gasteiger partial charge in [0.1, 0.15) is 0 Å². The molecular weight excluding hydrogens is 543 g/mol. The van der Waals surface area contributed by atoms with E-state index in [9.17, 15) is 4.39 Å². The van der Waals surface area contributed by atoms with E-state index in [1.54, 1.807) is 6.07 Å². The average Bonchev–Trinajstić information content (AvgIpc) is 2.68. The Labute approximate surface area is 176 Å². The van der Waals surface area contributed by atoms with Gasteiger partial charge in [-0.15, -0.1) is 29.8 Å². The number of aromatic nitrogens is 2. The topological polar surface area (TPSA) is 84.7 Å². The first-order valence-corrected chi connectivity index (χ1v) is 8.27. The van der Waals surface area contributed by atoms with E-state index in [2.05, 4.69) is 25.5 Å². The number of aliphatic hydroxyl groups is 2. The summed E-state index contributed by atoms with van der Waals surface area (Å²) in [5.74, 6) is -0.301. The van der Waals surface area contributed by atoms with Crippen molar-refractivity contribution in [3.05, 3.63) is 60.0 Å². The Hall–Kier alpha value is -1.80. The molecule has 3 aromatic rings. The molecule has 2 N–H and O–H groups in total. The number of aryl methyl sites for hydroxylation is 1. The number of halogens is 1. The van der Waals surface area contributed by atoms with E-state index in [0.717, 1.165) is 28.0 Å². The Morgan fingerprint density at radius 1 is 1.00 bits per heavy atom. The fraction of sp³-hybridized carbons (Fsp3) is 0.300. The molecule has 0 amide bonds. The largest absolute Gasteiger partial charge is 0.368 e.